The molecular weight excluding hydrogens is 1270 g/mol. The summed E-state index contributed by atoms with van der Waals surface area (Å²) in [7, 11) is 0. The molecule has 2 aromatic heterocycles. The van der Waals surface area contributed by atoms with Crippen molar-refractivity contribution in [1.82, 2.24) is 9.97 Å². The van der Waals surface area contributed by atoms with Crippen LogP contribution in [-0.2, 0) is 19.1 Å². The predicted octanol–water partition coefficient (Wildman–Crippen LogP) is 18.8. The Morgan fingerprint density at radius 2 is 0.965 bits per heavy atom. The number of rotatable bonds is 6. The highest BCUT2D eigenvalue weighted by Gasteiger charge is 2.60. The van der Waals surface area contributed by atoms with Crippen molar-refractivity contribution >= 4 is 74.9 Å². The molecule has 460 valence electrons. The molecule has 0 bridgehead atoms. The first-order chi connectivity index (χ1) is 42.6. The molecule has 0 aromatic carbocycles. The molecule has 0 radical (unpaired) electrons. The third-order valence-electron chi connectivity index (χ3n) is 26.0. The van der Waals surface area contributed by atoms with Crippen LogP contribution in [0.2, 0.25) is 12.6 Å². The average molecular weight is 1380 g/mol. The number of ether oxygens (including phenoxy) is 2. The molecule has 0 saturated heterocycles. The van der Waals surface area contributed by atoms with E-state index in [1.54, 1.807) is 23.5 Å². The fourth-order valence-electron chi connectivity index (χ4n) is 20.9. The summed E-state index contributed by atoms with van der Waals surface area (Å²) in [4.78, 5) is 31.1. The third kappa shape index (κ3) is 11.9. The molecule has 2 heterocycles. The van der Waals surface area contributed by atoms with Crippen molar-refractivity contribution in [1.29, 1.82) is 0 Å². The Morgan fingerprint density at radius 1 is 0.553 bits per heavy atom. The van der Waals surface area contributed by atoms with Crippen molar-refractivity contribution in [3.05, 3.63) is 115 Å². The van der Waals surface area contributed by atoms with E-state index in [1.165, 1.54) is 70.6 Å². The van der Waals surface area contributed by atoms with E-state index < -0.39 is 0 Å². The number of esters is 2. The van der Waals surface area contributed by atoms with E-state index in [-0.39, 0.29) is 57.3 Å². The summed E-state index contributed by atoms with van der Waals surface area (Å²) in [5.41, 5.74) is 9.19. The van der Waals surface area contributed by atoms with E-state index >= 15 is 0 Å². The van der Waals surface area contributed by atoms with Crippen LogP contribution in [0.4, 0.5) is 0 Å². The Labute approximate surface area is 547 Å². The largest absolute Gasteiger partial charge is 0.462 e. The second-order valence-corrected chi connectivity index (χ2v) is 32.2. The topological polar surface area (TPSA) is 98.6 Å². The highest BCUT2D eigenvalue weighted by Crippen LogP contribution is 2.69. The Balaban J connectivity index is 0.000000129. The summed E-state index contributed by atoms with van der Waals surface area (Å²) >= 11 is 4.92. The monoisotopic (exact) mass is 1380 g/mol. The minimum absolute atomic E-state index is 0.00955. The van der Waals surface area contributed by atoms with Gasteiger partial charge in [-0.25, -0.2) is 0 Å². The number of aliphatic hydroxyl groups is 1. The van der Waals surface area contributed by atoms with Gasteiger partial charge in [-0.1, -0.05) is 139 Å². The highest BCUT2D eigenvalue weighted by atomic mass is 127. The van der Waals surface area contributed by atoms with Crippen LogP contribution in [0.15, 0.2) is 109 Å². The maximum atomic E-state index is 11.5. The first-order valence-electron chi connectivity index (χ1n) is 36.0. The van der Waals surface area contributed by atoms with E-state index in [2.05, 4.69) is 129 Å². The van der Waals surface area contributed by atoms with Gasteiger partial charge in [0, 0.05) is 62.3 Å². The Hall–Kier alpha value is -2.84. The number of halogens is 2. The summed E-state index contributed by atoms with van der Waals surface area (Å²) in [6, 6.07) is 7.27. The van der Waals surface area contributed by atoms with Gasteiger partial charge < -0.3 is 14.6 Å². The quantitative estimate of drug-likeness (QED) is 0.133. The molecule has 2 aromatic rings. The van der Waals surface area contributed by atoms with E-state index in [0.29, 0.717) is 59.7 Å². The van der Waals surface area contributed by atoms with Gasteiger partial charge in [0.15, 0.2) is 6.71 Å². The number of fused-ring (bicyclic) bond motifs is 15. The number of allylic oxidation sites excluding steroid dienone is 9. The zero-order valence-electron chi connectivity index (χ0n) is 58.2. The number of hydrogen-bond acceptors (Lipinski definition) is 7. The summed E-state index contributed by atoms with van der Waals surface area (Å²) in [5, 5.41) is 10.0. The molecule has 18 atom stereocenters. The van der Waals surface area contributed by atoms with Crippen molar-refractivity contribution in [3.8, 4) is 0 Å². The molecule has 0 amide bonds. The van der Waals surface area contributed by atoms with Crippen LogP contribution < -0.4 is 5.46 Å². The van der Waals surface area contributed by atoms with Crippen molar-refractivity contribution in [2.45, 2.75) is 235 Å². The number of pyridine rings is 2. The van der Waals surface area contributed by atoms with Gasteiger partial charge in [0.05, 0.1) is 13.0 Å². The molecule has 12 aliphatic rings. The molecular formula is C75H103BI2N2O5. The number of aliphatic hydroxyl groups excluding tert-OH is 1. The van der Waals surface area contributed by atoms with Crippen molar-refractivity contribution in [3.63, 3.8) is 0 Å². The average Bonchev–Trinajstić information content (AvgIpc) is 1.46. The predicted molar refractivity (Wildman–Crippen MR) is 365 cm³/mol. The van der Waals surface area contributed by atoms with Gasteiger partial charge in [0.1, 0.15) is 12.2 Å². The molecule has 6 saturated carbocycles. The summed E-state index contributed by atoms with van der Waals surface area (Å²) in [6.07, 6.45) is 39.1. The van der Waals surface area contributed by atoms with E-state index in [4.69, 9.17) is 16.3 Å². The molecule has 14 rings (SSSR count). The fraction of sp³-hybridized carbons (Fsp3) is 0.680. The van der Waals surface area contributed by atoms with Gasteiger partial charge in [-0.2, -0.15) is 0 Å². The lowest BCUT2D eigenvalue weighted by Gasteiger charge is -2.57. The second kappa shape index (κ2) is 25.4. The standard InChI is InChI=1S/C26H33NO2.C21H29IO2.C19H27IO.C9H14BN/c1-17(28)29-20-10-12-25(2)19(15-20)6-7-21-23-9-8-22(18-5-4-14-27-16-18)26(23,3)13-11-24(21)25;1-13(23)24-15-8-10-20(2)14(12-15)4-5-16-17-6-7-19(22)21(17,3)11-9-18(16)20;1-18-9-7-13(21)11-12(18)3-4-14-15-5-6-17(20)19(15,2)10-8-16(14)18;1-3-10(4-2)9-6-5-7-11-8-9/h4-6,8,14,16,20-21,23-24H,7,9-13,15H2,1-3H3;4,7,15-18H,5-6,8-12H2,1-3H3;3,6,13-16,21H,4-5,7-11H2,1-2H3;5-8H,3-4H2,1-2H3/t20-,21?,23?,24?,25-,26+;15-,16?,17?,18?,20-,21-;13-,14?,15?,16?,18-,19-;/m000./s1/i4D,8D;7D;6D;5D. The van der Waals surface area contributed by atoms with E-state index in [0.717, 1.165) is 156 Å². The van der Waals surface area contributed by atoms with E-state index in [9.17, 15) is 14.7 Å². The summed E-state index contributed by atoms with van der Waals surface area (Å²) in [6.45, 7) is 22.5. The van der Waals surface area contributed by atoms with Crippen LogP contribution >= 0.6 is 45.2 Å². The lowest BCUT2D eigenvalue weighted by Crippen LogP contribution is -2.50. The molecule has 7 nitrogen and oxygen atoms in total. The van der Waals surface area contributed by atoms with Gasteiger partial charge in [0.25, 0.3) is 0 Å². The third-order valence-corrected chi connectivity index (χ3v) is 29.3. The number of nitrogens with zero attached hydrogens (tertiary/aromatic N) is 2. The number of aromatic nitrogens is 2. The van der Waals surface area contributed by atoms with Crippen LogP contribution in [0.25, 0.3) is 5.57 Å². The molecule has 0 spiro atoms. The van der Waals surface area contributed by atoms with Gasteiger partial charge in [-0.05, 0) is 272 Å². The Kier molecular flexibility index (Phi) is 17.2. The molecule has 0 aliphatic heterocycles. The molecule has 12 aliphatic carbocycles. The minimum Gasteiger partial charge on any atom is -0.462 e. The van der Waals surface area contributed by atoms with Crippen molar-refractivity contribution < 1.29 is 31.0 Å². The minimum atomic E-state index is -0.171. The first kappa shape index (κ1) is 57.3. The van der Waals surface area contributed by atoms with Gasteiger partial charge in [-0.15, -0.1) is 0 Å². The fourth-order valence-corrected chi connectivity index (χ4v) is 22.7. The van der Waals surface area contributed by atoms with Crippen molar-refractivity contribution in [2.75, 3.05) is 0 Å². The van der Waals surface area contributed by atoms with Gasteiger partial charge in [-0.3, -0.25) is 19.6 Å². The van der Waals surface area contributed by atoms with Crippen LogP contribution in [-0.4, -0.2) is 52.0 Å². The molecule has 1 N–H and O–H groups in total. The molecule has 85 heavy (non-hydrogen) atoms. The first-order valence-corrected chi connectivity index (χ1v) is 35.6. The lowest BCUT2D eigenvalue weighted by atomic mass is 9.42. The maximum Gasteiger partial charge on any atom is 0.302 e. The lowest BCUT2D eigenvalue weighted by molar-refractivity contribution is -0.149. The van der Waals surface area contributed by atoms with Gasteiger partial charge >= 0.3 is 11.9 Å². The van der Waals surface area contributed by atoms with Crippen LogP contribution in [0.5, 0.6) is 0 Å². The maximum absolute atomic E-state index is 11.5. The normalized spacial score (nSPS) is 42.6. The number of carbonyl (C=O) groups is 2. The van der Waals surface area contributed by atoms with Crippen LogP contribution in [0.1, 0.15) is 216 Å². The smallest absolute Gasteiger partial charge is 0.302 e. The summed E-state index contributed by atoms with van der Waals surface area (Å²) in [5.74, 6) is 5.66. The number of carbonyl (C=O) groups excluding carboxylic acids is 2. The molecule has 10 heteroatoms. The van der Waals surface area contributed by atoms with Crippen LogP contribution in [0, 0.1) is 85.8 Å². The van der Waals surface area contributed by atoms with Gasteiger partial charge in [0.2, 0.25) is 0 Å². The molecule has 9 unspecified atom stereocenters. The second-order valence-electron chi connectivity index (χ2n) is 30.0. The van der Waals surface area contributed by atoms with E-state index in [1.807, 2.05) is 24.5 Å². The zero-order valence-corrected chi connectivity index (χ0v) is 57.5. The summed E-state index contributed by atoms with van der Waals surface area (Å²) < 4.78 is 54.8. The van der Waals surface area contributed by atoms with Crippen molar-refractivity contribution in [2.24, 2.45) is 85.8 Å². The Bertz CT molecular complexity index is 3290. The zero-order chi connectivity index (χ0) is 64.6. The molecule has 6 fully saturated rings. The number of hydrogen-bond donors (Lipinski definition) is 1. The van der Waals surface area contributed by atoms with Crippen LogP contribution in [0.3, 0.4) is 0 Å². The highest BCUT2D eigenvalue weighted by molar-refractivity contribution is 14.1. The SMILES string of the molecule is [2H]C1=C(I)[C@@]2(C)CCC3C(CC=C4C[C@@H](O)CC[C@@]43C)C2C1.[2H]C1=C(I)[C@@]2(C)CCC3C(CC=C4C[C@@H](OC(C)=O)CC[C@@]43C)C2C1.[2H]C1=C(c2cncc([2H])c2)[C@@]2(C)CCC3C(CC=C4C[C@@H](OC(C)=O)CC[C@@]43C)C2C1.[2H]c1cncc(B(CC)CC)c1. The Morgan fingerprint density at radius 3 is 1.42 bits per heavy atom.